The number of hydrogen-bond acceptors (Lipinski definition) is 5. The number of piperazine rings is 1. The minimum Gasteiger partial charge on any atom is -0.497 e. The molecule has 1 saturated heterocycles. The number of methoxy groups -OCH3 is 1. The van der Waals surface area contributed by atoms with E-state index in [4.69, 9.17) is 4.74 Å². The summed E-state index contributed by atoms with van der Waals surface area (Å²) in [6, 6.07) is 19.2. The second-order valence-electron chi connectivity index (χ2n) is 7.39. The number of aryl methyl sites for hydroxylation is 1. The predicted molar refractivity (Wildman–Crippen MR) is 121 cm³/mol. The maximum atomic E-state index is 12.4. The molecule has 0 atom stereocenters. The summed E-state index contributed by atoms with van der Waals surface area (Å²) < 4.78 is 5.13. The van der Waals surface area contributed by atoms with Crippen molar-refractivity contribution in [3.8, 4) is 5.75 Å². The van der Waals surface area contributed by atoms with E-state index < -0.39 is 0 Å². The number of amides is 1. The molecule has 3 aromatic rings. The highest BCUT2D eigenvalue weighted by molar-refractivity contribution is 6.04. The lowest BCUT2D eigenvalue weighted by Crippen LogP contribution is -2.46. The van der Waals surface area contributed by atoms with Crippen molar-refractivity contribution in [3.63, 3.8) is 0 Å². The summed E-state index contributed by atoms with van der Waals surface area (Å²) >= 11 is 0. The number of carbonyl (C=O) groups excluding carboxylic acids is 1. The molecule has 0 aliphatic carbocycles. The standard InChI is InChI=1S/C24H26N4O2/c1-18-11-12-25-23(17-18)28-15-13-27(14-16-28)21-7-5-20(6-8-21)26-24(29)19-3-9-22(30-2)10-4-19/h3-12,17H,13-16H2,1-2H3,(H,26,29). The summed E-state index contributed by atoms with van der Waals surface area (Å²) in [7, 11) is 1.61. The van der Waals surface area contributed by atoms with E-state index >= 15 is 0 Å². The van der Waals surface area contributed by atoms with E-state index in [-0.39, 0.29) is 5.91 Å². The smallest absolute Gasteiger partial charge is 0.255 e. The predicted octanol–water partition coefficient (Wildman–Crippen LogP) is 3.98. The Kier molecular flexibility index (Phi) is 5.84. The molecule has 1 N–H and O–H groups in total. The number of anilines is 3. The molecule has 0 spiro atoms. The third-order valence-electron chi connectivity index (χ3n) is 5.35. The van der Waals surface area contributed by atoms with Gasteiger partial charge in [0.15, 0.2) is 0 Å². The maximum Gasteiger partial charge on any atom is 0.255 e. The number of rotatable bonds is 5. The molecule has 154 valence electrons. The summed E-state index contributed by atoms with van der Waals surface area (Å²) in [6.07, 6.45) is 1.87. The quantitative estimate of drug-likeness (QED) is 0.700. The van der Waals surface area contributed by atoms with Crippen LogP contribution in [-0.4, -0.2) is 44.2 Å². The van der Waals surface area contributed by atoms with Crippen LogP contribution in [0.1, 0.15) is 15.9 Å². The first-order valence-corrected chi connectivity index (χ1v) is 10.1. The third-order valence-corrected chi connectivity index (χ3v) is 5.35. The van der Waals surface area contributed by atoms with Crippen LogP contribution in [0.25, 0.3) is 0 Å². The number of hydrogen-bond donors (Lipinski definition) is 1. The van der Waals surface area contributed by atoms with Gasteiger partial charge in [0.25, 0.3) is 5.91 Å². The van der Waals surface area contributed by atoms with E-state index in [2.05, 4.69) is 45.2 Å². The molecule has 1 aliphatic rings. The van der Waals surface area contributed by atoms with Crippen molar-refractivity contribution >= 4 is 23.1 Å². The second kappa shape index (κ2) is 8.86. The average Bonchev–Trinajstić information content (AvgIpc) is 2.80. The SMILES string of the molecule is COc1ccc(C(=O)Nc2ccc(N3CCN(c4cc(C)ccn4)CC3)cc2)cc1. The van der Waals surface area contributed by atoms with E-state index in [0.29, 0.717) is 5.56 Å². The molecule has 2 heterocycles. The van der Waals surface area contributed by atoms with Crippen LogP contribution in [0, 0.1) is 6.92 Å². The summed E-state index contributed by atoms with van der Waals surface area (Å²) in [5.74, 6) is 1.64. The van der Waals surface area contributed by atoms with Gasteiger partial charge in [-0.05, 0) is 73.2 Å². The lowest BCUT2D eigenvalue weighted by molar-refractivity contribution is 0.102. The van der Waals surface area contributed by atoms with E-state index in [1.165, 1.54) is 5.56 Å². The highest BCUT2D eigenvalue weighted by atomic mass is 16.5. The topological polar surface area (TPSA) is 57.7 Å². The van der Waals surface area contributed by atoms with Gasteiger partial charge >= 0.3 is 0 Å². The van der Waals surface area contributed by atoms with Crippen LogP contribution in [0.3, 0.4) is 0 Å². The zero-order valence-electron chi connectivity index (χ0n) is 17.3. The lowest BCUT2D eigenvalue weighted by atomic mass is 10.2. The Morgan fingerprint density at radius 2 is 1.60 bits per heavy atom. The molecule has 1 aromatic heterocycles. The van der Waals surface area contributed by atoms with Gasteiger partial charge < -0.3 is 19.9 Å². The van der Waals surface area contributed by atoms with E-state index in [0.717, 1.165) is 49.1 Å². The molecule has 0 bridgehead atoms. The molecule has 1 amide bonds. The zero-order chi connectivity index (χ0) is 20.9. The fourth-order valence-corrected chi connectivity index (χ4v) is 3.59. The van der Waals surface area contributed by atoms with Gasteiger partial charge in [-0.15, -0.1) is 0 Å². The van der Waals surface area contributed by atoms with Gasteiger partial charge in [-0.3, -0.25) is 4.79 Å². The normalized spacial score (nSPS) is 13.8. The Morgan fingerprint density at radius 1 is 0.933 bits per heavy atom. The van der Waals surface area contributed by atoms with Crippen LogP contribution in [0.5, 0.6) is 5.75 Å². The van der Waals surface area contributed by atoms with Gasteiger partial charge in [-0.2, -0.15) is 0 Å². The van der Waals surface area contributed by atoms with Crippen molar-refractivity contribution in [2.24, 2.45) is 0 Å². The fraction of sp³-hybridized carbons (Fsp3) is 0.250. The van der Waals surface area contributed by atoms with Crippen molar-refractivity contribution < 1.29 is 9.53 Å². The molecule has 4 rings (SSSR count). The summed E-state index contributed by atoms with van der Waals surface area (Å²) in [4.78, 5) is 21.6. The number of ether oxygens (including phenoxy) is 1. The van der Waals surface area contributed by atoms with Crippen LogP contribution in [0.15, 0.2) is 66.9 Å². The van der Waals surface area contributed by atoms with Crippen LogP contribution in [0.4, 0.5) is 17.2 Å². The summed E-state index contributed by atoms with van der Waals surface area (Å²) in [5, 5.41) is 2.94. The van der Waals surface area contributed by atoms with Crippen molar-refractivity contribution in [2.45, 2.75) is 6.92 Å². The molecule has 0 unspecified atom stereocenters. The third kappa shape index (κ3) is 4.54. The van der Waals surface area contributed by atoms with E-state index in [1.807, 2.05) is 24.4 Å². The molecule has 6 heteroatoms. The van der Waals surface area contributed by atoms with Gasteiger partial charge in [0.1, 0.15) is 11.6 Å². The number of nitrogens with one attached hydrogen (secondary N) is 1. The maximum absolute atomic E-state index is 12.4. The number of carbonyl (C=O) groups is 1. The largest absolute Gasteiger partial charge is 0.497 e. The van der Waals surface area contributed by atoms with Gasteiger partial charge in [0.05, 0.1) is 7.11 Å². The van der Waals surface area contributed by atoms with Gasteiger partial charge in [0.2, 0.25) is 0 Å². The van der Waals surface area contributed by atoms with Crippen molar-refractivity contribution in [3.05, 3.63) is 78.0 Å². The first-order chi connectivity index (χ1) is 14.6. The number of benzene rings is 2. The van der Waals surface area contributed by atoms with Gasteiger partial charge in [-0.1, -0.05) is 0 Å². The first kappa shape index (κ1) is 19.8. The second-order valence-corrected chi connectivity index (χ2v) is 7.39. The molecule has 0 saturated carbocycles. The highest BCUT2D eigenvalue weighted by Crippen LogP contribution is 2.22. The lowest BCUT2D eigenvalue weighted by Gasteiger charge is -2.36. The highest BCUT2D eigenvalue weighted by Gasteiger charge is 2.18. The molecule has 1 fully saturated rings. The number of aromatic nitrogens is 1. The van der Waals surface area contributed by atoms with E-state index in [9.17, 15) is 4.79 Å². The fourth-order valence-electron chi connectivity index (χ4n) is 3.59. The Balaban J connectivity index is 1.34. The summed E-state index contributed by atoms with van der Waals surface area (Å²) in [6.45, 7) is 5.84. The molecule has 1 aliphatic heterocycles. The zero-order valence-corrected chi connectivity index (χ0v) is 17.3. The van der Waals surface area contributed by atoms with Crippen molar-refractivity contribution in [2.75, 3.05) is 48.4 Å². The monoisotopic (exact) mass is 402 g/mol. The Hall–Kier alpha value is -3.54. The van der Waals surface area contributed by atoms with Crippen LogP contribution in [-0.2, 0) is 0 Å². The summed E-state index contributed by atoms with van der Waals surface area (Å²) in [5.41, 5.74) is 3.77. The average molecular weight is 402 g/mol. The van der Waals surface area contributed by atoms with E-state index in [1.54, 1.807) is 31.4 Å². The van der Waals surface area contributed by atoms with Crippen LogP contribution >= 0.6 is 0 Å². The minimum absolute atomic E-state index is 0.135. The molecule has 30 heavy (non-hydrogen) atoms. The van der Waals surface area contributed by atoms with Crippen LogP contribution in [0.2, 0.25) is 0 Å². The van der Waals surface area contributed by atoms with Gasteiger partial charge in [-0.25, -0.2) is 4.98 Å². The number of pyridine rings is 1. The molecular weight excluding hydrogens is 376 g/mol. The van der Waals surface area contributed by atoms with Crippen molar-refractivity contribution in [1.82, 2.24) is 4.98 Å². The van der Waals surface area contributed by atoms with Crippen LogP contribution < -0.4 is 19.9 Å². The molecule has 6 nitrogen and oxygen atoms in total. The Labute approximate surface area is 177 Å². The molecule has 2 aromatic carbocycles. The van der Waals surface area contributed by atoms with Gasteiger partial charge in [0, 0.05) is 49.3 Å². The minimum atomic E-state index is -0.135. The first-order valence-electron chi connectivity index (χ1n) is 10.1. The Bertz CT molecular complexity index is 994. The molecule has 0 radical (unpaired) electrons. The van der Waals surface area contributed by atoms with Crippen molar-refractivity contribution in [1.29, 1.82) is 0 Å². The molecular formula is C24H26N4O2. The Morgan fingerprint density at radius 3 is 2.23 bits per heavy atom. The number of nitrogens with zero attached hydrogens (tertiary/aromatic N) is 3.